The average Bonchev–Trinajstić information content (AvgIpc) is 2.80. The number of pyridine rings is 1. The summed E-state index contributed by atoms with van der Waals surface area (Å²) in [5.41, 5.74) is -0.587. The van der Waals surface area contributed by atoms with Gasteiger partial charge in [0.15, 0.2) is 11.5 Å². The first kappa shape index (κ1) is 15.4. The van der Waals surface area contributed by atoms with Crippen LogP contribution >= 0.6 is 0 Å². The zero-order chi connectivity index (χ0) is 15.6. The number of aromatic nitrogens is 1. The third-order valence-electron chi connectivity index (χ3n) is 3.58. The molecule has 0 radical (unpaired) electrons. The molecule has 1 aliphatic heterocycles. The second-order valence-electron chi connectivity index (χ2n) is 5.04. The van der Waals surface area contributed by atoms with Crippen LogP contribution in [-0.4, -0.2) is 36.2 Å². The Morgan fingerprint density at radius 3 is 2.76 bits per heavy atom. The van der Waals surface area contributed by atoms with Gasteiger partial charge in [0.05, 0.1) is 18.9 Å². The smallest absolute Gasteiger partial charge is 0.359 e. The summed E-state index contributed by atoms with van der Waals surface area (Å²) in [4.78, 5) is 27.0. The van der Waals surface area contributed by atoms with Crippen LogP contribution < -0.4 is 5.32 Å². The molecule has 0 aliphatic carbocycles. The molecule has 1 saturated heterocycles. The lowest BCUT2D eigenvalue weighted by atomic mass is 10.0. The van der Waals surface area contributed by atoms with Crippen molar-refractivity contribution >= 4 is 17.6 Å². The summed E-state index contributed by atoms with van der Waals surface area (Å²) >= 11 is 0. The highest BCUT2D eigenvalue weighted by Gasteiger charge is 2.34. The summed E-state index contributed by atoms with van der Waals surface area (Å²) in [5, 5.41) is 2.43. The summed E-state index contributed by atoms with van der Waals surface area (Å²) < 4.78 is 24.0. The second-order valence-corrected chi connectivity index (χ2v) is 5.04. The van der Waals surface area contributed by atoms with Crippen molar-refractivity contribution in [2.75, 3.05) is 12.4 Å². The van der Waals surface area contributed by atoms with Crippen molar-refractivity contribution in [2.45, 2.75) is 32.5 Å². The van der Waals surface area contributed by atoms with Crippen molar-refractivity contribution in [1.29, 1.82) is 0 Å². The van der Waals surface area contributed by atoms with Gasteiger partial charge in [0.1, 0.15) is 6.10 Å². The Hall–Kier alpha value is -2.02. The Morgan fingerprint density at radius 2 is 2.19 bits per heavy atom. The lowest BCUT2D eigenvalue weighted by molar-refractivity contribution is -0.126. The second kappa shape index (κ2) is 6.17. The number of amides is 1. The Labute approximate surface area is 121 Å². The Bertz CT molecular complexity index is 554. The van der Waals surface area contributed by atoms with Crippen LogP contribution in [0.15, 0.2) is 12.3 Å². The van der Waals surface area contributed by atoms with Crippen LogP contribution in [0.5, 0.6) is 0 Å². The number of anilines is 1. The minimum absolute atomic E-state index is 0.0198. The quantitative estimate of drug-likeness (QED) is 0.860. The van der Waals surface area contributed by atoms with Gasteiger partial charge in [0, 0.05) is 6.20 Å². The van der Waals surface area contributed by atoms with Crippen molar-refractivity contribution in [3.8, 4) is 0 Å². The number of nitrogens with one attached hydrogen (secondary N) is 1. The molecular formula is C14H17FN2O4. The van der Waals surface area contributed by atoms with Crippen molar-refractivity contribution in [1.82, 2.24) is 4.98 Å². The number of hydrogen-bond donors (Lipinski definition) is 1. The number of halogens is 1. The standard InChI is InChI=1S/C14H17FN2O4/c1-7-6-10(21-8(7)2)13(18)17-9-4-5-16-12(11(9)15)14(19)20-3/h4-5,7-8,10H,6H2,1-3H3,(H,16,17,18)/t7-,8+,10+/m0/s1. The van der Waals surface area contributed by atoms with Crippen LogP contribution in [0.1, 0.15) is 30.8 Å². The molecule has 6 nitrogen and oxygen atoms in total. The molecule has 1 amide bonds. The Morgan fingerprint density at radius 1 is 1.48 bits per heavy atom. The van der Waals surface area contributed by atoms with E-state index in [1.54, 1.807) is 0 Å². The number of ether oxygens (including phenoxy) is 2. The topological polar surface area (TPSA) is 77.5 Å². The van der Waals surface area contributed by atoms with Crippen LogP contribution in [0.4, 0.5) is 10.1 Å². The third-order valence-corrected chi connectivity index (χ3v) is 3.58. The molecule has 0 aromatic carbocycles. The van der Waals surface area contributed by atoms with E-state index >= 15 is 0 Å². The molecule has 7 heteroatoms. The molecule has 114 valence electrons. The van der Waals surface area contributed by atoms with Crippen molar-refractivity contribution in [3.63, 3.8) is 0 Å². The maximum absolute atomic E-state index is 14.1. The number of hydrogen-bond acceptors (Lipinski definition) is 5. The van der Waals surface area contributed by atoms with Gasteiger partial charge in [-0.3, -0.25) is 4.79 Å². The lowest BCUT2D eigenvalue weighted by Crippen LogP contribution is -2.28. The first-order chi connectivity index (χ1) is 9.93. The number of methoxy groups -OCH3 is 1. The van der Waals surface area contributed by atoms with Gasteiger partial charge in [0.25, 0.3) is 5.91 Å². The molecule has 3 atom stereocenters. The highest BCUT2D eigenvalue weighted by Crippen LogP contribution is 2.27. The largest absolute Gasteiger partial charge is 0.464 e. The summed E-state index contributed by atoms with van der Waals surface area (Å²) in [6, 6.07) is 1.28. The molecule has 2 heterocycles. The molecule has 0 bridgehead atoms. The summed E-state index contributed by atoms with van der Waals surface area (Å²) in [5.74, 6) is -2.00. The van der Waals surface area contributed by atoms with E-state index < -0.39 is 29.5 Å². The number of nitrogens with zero attached hydrogens (tertiary/aromatic N) is 1. The van der Waals surface area contributed by atoms with E-state index in [0.717, 1.165) is 7.11 Å². The molecular weight excluding hydrogens is 279 g/mol. The lowest BCUT2D eigenvalue weighted by Gasteiger charge is -2.12. The normalized spacial score (nSPS) is 24.7. The van der Waals surface area contributed by atoms with E-state index in [0.29, 0.717) is 6.42 Å². The van der Waals surface area contributed by atoms with Gasteiger partial charge < -0.3 is 14.8 Å². The predicted molar refractivity (Wildman–Crippen MR) is 72.3 cm³/mol. The molecule has 21 heavy (non-hydrogen) atoms. The Kier molecular flexibility index (Phi) is 4.52. The fourth-order valence-electron chi connectivity index (χ4n) is 2.14. The minimum atomic E-state index is -0.920. The van der Waals surface area contributed by atoms with E-state index in [2.05, 4.69) is 15.0 Å². The van der Waals surface area contributed by atoms with Crippen LogP contribution in [-0.2, 0) is 14.3 Å². The summed E-state index contributed by atoms with van der Waals surface area (Å²) in [6.07, 6.45) is 1.16. The third kappa shape index (κ3) is 3.18. The van der Waals surface area contributed by atoms with E-state index in [9.17, 15) is 14.0 Å². The molecule has 0 spiro atoms. The van der Waals surface area contributed by atoms with Gasteiger partial charge in [0.2, 0.25) is 0 Å². The van der Waals surface area contributed by atoms with E-state index in [1.807, 2.05) is 13.8 Å². The molecule has 1 fully saturated rings. The Balaban J connectivity index is 2.13. The van der Waals surface area contributed by atoms with Crippen molar-refractivity contribution in [3.05, 3.63) is 23.8 Å². The summed E-state index contributed by atoms with van der Waals surface area (Å²) in [7, 11) is 1.13. The van der Waals surface area contributed by atoms with Crippen LogP contribution in [0.25, 0.3) is 0 Å². The van der Waals surface area contributed by atoms with Crippen molar-refractivity contribution in [2.24, 2.45) is 5.92 Å². The van der Waals surface area contributed by atoms with Gasteiger partial charge in [-0.25, -0.2) is 14.2 Å². The highest BCUT2D eigenvalue weighted by molar-refractivity contribution is 5.96. The van der Waals surface area contributed by atoms with Gasteiger partial charge >= 0.3 is 5.97 Å². The number of esters is 1. The van der Waals surface area contributed by atoms with Crippen LogP contribution in [0.3, 0.4) is 0 Å². The number of rotatable bonds is 3. The molecule has 1 N–H and O–H groups in total. The average molecular weight is 296 g/mol. The molecule has 1 aliphatic rings. The van der Waals surface area contributed by atoms with Gasteiger partial charge in [-0.15, -0.1) is 0 Å². The first-order valence-corrected chi connectivity index (χ1v) is 6.63. The summed E-state index contributed by atoms with van der Waals surface area (Å²) in [6.45, 7) is 3.88. The van der Waals surface area contributed by atoms with Gasteiger partial charge in [-0.1, -0.05) is 6.92 Å². The number of carbonyl (C=O) groups is 2. The molecule has 1 aromatic rings. The van der Waals surface area contributed by atoms with E-state index in [-0.39, 0.29) is 17.7 Å². The molecule has 1 aromatic heterocycles. The molecule has 0 saturated carbocycles. The van der Waals surface area contributed by atoms with Crippen LogP contribution in [0, 0.1) is 11.7 Å². The van der Waals surface area contributed by atoms with Crippen LogP contribution in [0.2, 0.25) is 0 Å². The molecule has 2 rings (SSSR count). The zero-order valence-electron chi connectivity index (χ0n) is 12.1. The first-order valence-electron chi connectivity index (χ1n) is 6.63. The fourth-order valence-corrected chi connectivity index (χ4v) is 2.14. The minimum Gasteiger partial charge on any atom is -0.464 e. The highest BCUT2D eigenvalue weighted by atomic mass is 19.1. The fraction of sp³-hybridized carbons (Fsp3) is 0.500. The van der Waals surface area contributed by atoms with E-state index in [1.165, 1.54) is 12.3 Å². The molecule has 0 unspecified atom stereocenters. The van der Waals surface area contributed by atoms with Crippen molar-refractivity contribution < 1.29 is 23.5 Å². The maximum Gasteiger partial charge on any atom is 0.359 e. The number of carbonyl (C=O) groups excluding carboxylic acids is 2. The zero-order valence-corrected chi connectivity index (χ0v) is 12.1. The maximum atomic E-state index is 14.1. The monoisotopic (exact) mass is 296 g/mol. The SMILES string of the molecule is COC(=O)c1nccc(NC(=O)[C@H]2C[C@H](C)[C@@H](C)O2)c1F. The van der Waals surface area contributed by atoms with Gasteiger partial charge in [-0.05, 0) is 25.3 Å². The van der Waals surface area contributed by atoms with E-state index in [4.69, 9.17) is 4.74 Å². The predicted octanol–water partition coefficient (Wildman–Crippen LogP) is 1.76. The van der Waals surface area contributed by atoms with Gasteiger partial charge in [-0.2, -0.15) is 0 Å².